The molecule has 0 aromatic carbocycles. The van der Waals surface area contributed by atoms with Crippen LogP contribution in [0.15, 0.2) is 12.3 Å². The van der Waals surface area contributed by atoms with E-state index in [0.717, 1.165) is 5.69 Å². The molecule has 0 unspecified atom stereocenters. The number of hydrogen-bond acceptors (Lipinski definition) is 6. The Bertz CT molecular complexity index is 548. The van der Waals surface area contributed by atoms with Crippen LogP contribution in [0.5, 0.6) is 0 Å². The summed E-state index contributed by atoms with van der Waals surface area (Å²) in [5, 5.41) is 13.3. The van der Waals surface area contributed by atoms with Crippen molar-refractivity contribution in [1.82, 2.24) is 19.9 Å². The van der Waals surface area contributed by atoms with E-state index in [9.17, 15) is 4.79 Å². The molecule has 0 fully saturated rings. The van der Waals surface area contributed by atoms with Crippen molar-refractivity contribution in [2.75, 3.05) is 11.1 Å². The number of hydrogen-bond donors (Lipinski definition) is 4. The largest absolute Gasteiger partial charge is 0.382 e. The summed E-state index contributed by atoms with van der Waals surface area (Å²) in [6, 6.07) is 1.90. The number of nitrogens with zero attached hydrogens (tertiary/aromatic N) is 2. The third-order valence-corrected chi connectivity index (χ3v) is 3.18. The van der Waals surface area contributed by atoms with E-state index in [-0.39, 0.29) is 17.8 Å². The van der Waals surface area contributed by atoms with Crippen molar-refractivity contribution in [1.29, 1.82) is 0 Å². The van der Waals surface area contributed by atoms with E-state index in [4.69, 9.17) is 5.73 Å². The zero-order valence-corrected chi connectivity index (χ0v) is 11.5. The first-order chi connectivity index (χ1) is 9.08. The molecule has 0 atom stereocenters. The predicted octanol–water partition coefficient (Wildman–Crippen LogP) is 1.20. The van der Waals surface area contributed by atoms with E-state index in [2.05, 4.69) is 25.2 Å². The predicted molar refractivity (Wildman–Crippen MR) is 75.0 cm³/mol. The van der Waals surface area contributed by atoms with Crippen molar-refractivity contribution in [2.45, 2.75) is 26.4 Å². The zero-order chi connectivity index (χ0) is 13.8. The number of nitrogens with two attached hydrogens (primary N) is 1. The average molecular weight is 280 g/mol. The zero-order valence-electron chi connectivity index (χ0n) is 10.7. The van der Waals surface area contributed by atoms with E-state index in [1.54, 1.807) is 6.20 Å². The van der Waals surface area contributed by atoms with Gasteiger partial charge in [-0.05, 0) is 31.4 Å². The number of anilines is 2. The number of aromatic amines is 1. The average Bonchev–Trinajstić information content (AvgIpc) is 2.94. The summed E-state index contributed by atoms with van der Waals surface area (Å²) >= 11 is 1.17. The highest BCUT2D eigenvalue weighted by atomic mass is 32.1. The molecule has 0 saturated carbocycles. The summed E-state index contributed by atoms with van der Waals surface area (Å²) in [6.07, 6.45) is 1.67. The summed E-state index contributed by atoms with van der Waals surface area (Å²) in [6.45, 7) is 4.32. The lowest BCUT2D eigenvalue weighted by molar-refractivity contribution is 0.0945. The summed E-state index contributed by atoms with van der Waals surface area (Å²) in [4.78, 5) is 12.0. The molecule has 0 spiro atoms. The van der Waals surface area contributed by atoms with Crippen LogP contribution in [0.25, 0.3) is 0 Å². The van der Waals surface area contributed by atoms with Crippen molar-refractivity contribution in [3.63, 3.8) is 0 Å². The summed E-state index contributed by atoms with van der Waals surface area (Å²) in [5.41, 5.74) is 7.07. The fourth-order valence-corrected chi connectivity index (χ4v) is 2.24. The maximum Gasteiger partial charge on any atom is 0.258 e. The molecule has 7 nitrogen and oxygen atoms in total. The number of carbonyl (C=O) groups excluding carboxylic acids is 1. The Hall–Kier alpha value is -2.09. The monoisotopic (exact) mass is 280 g/mol. The molecule has 0 bridgehead atoms. The minimum absolute atomic E-state index is 0.0484. The van der Waals surface area contributed by atoms with Gasteiger partial charge in [0.2, 0.25) is 0 Å². The molecule has 19 heavy (non-hydrogen) atoms. The molecule has 102 valence electrons. The third kappa shape index (κ3) is 3.22. The Morgan fingerprint density at radius 3 is 3.00 bits per heavy atom. The molecule has 0 radical (unpaired) electrons. The van der Waals surface area contributed by atoms with Crippen LogP contribution in [0, 0.1) is 0 Å². The number of amides is 1. The van der Waals surface area contributed by atoms with Crippen molar-refractivity contribution < 1.29 is 4.79 Å². The standard InChI is InChI=1S/C11H16N6OS/c1-6(2)15-10(18)8-9(12)17-19-11(8)13-5-7-3-4-14-16-7/h3-4,6,13H,5H2,1-2H3,(H2,12,17)(H,14,16)(H,15,18). The number of nitrogen functional groups attached to an aromatic ring is 1. The minimum atomic E-state index is -0.214. The van der Waals surface area contributed by atoms with Gasteiger partial charge in [0.05, 0.1) is 12.2 Å². The summed E-state index contributed by atoms with van der Waals surface area (Å²) in [5.74, 6) is 0.0311. The normalized spacial score (nSPS) is 10.7. The van der Waals surface area contributed by atoms with Gasteiger partial charge < -0.3 is 16.4 Å². The second-order valence-electron chi connectivity index (χ2n) is 4.34. The highest BCUT2D eigenvalue weighted by molar-refractivity contribution is 7.11. The number of nitrogens with one attached hydrogen (secondary N) is 3. The Labute approximate surface area is 114 Å². The van der Waals surface area contributed by atoms with E-state index < -0.39 is 0 Å². The van der Waals surface area contributed by atoms with Crippen molar-refractivity contribution >= 4 is 28.3 Å². The number of carbonyl (C=O) groups is 1. The Balaban J connectivity index is 2.10. The maximum atomic E-state index is 12.0. The SMILES string of the molecule is CC(C)NC(=O)c1c(N)nsc1NCc1ccn[nH]1. The molecule has 5 N–H and O–H groups in total. The number of aromatic nitrogens is 3. The first-order valence-corrected chi connectivity index (χ1v) is 6.63. The molecule has 8 heteroatoms. The van der Waals surface area contributed by atoms with Gasteiger partial charge in [0.25, 0.3) is 5.91 Å². The molecule has 0 saturated heterocycles. The first kappa shape index (κ1) is 13.3. The second kappa shape index (κ2) is 5.70. The quantitative estimate of drug-likeness (QED) is 0.658. The third-order valence-electron chi connectivity index (χ3n) is 2.36. The number of rotatable bonds is 5. The smallest absolute Gasteiger partial charge is 0.258 e. The lowest BCUT2D eigenvalue weighted by Gasteiger charge is -2.09. The summed E-state index contributed by atoms with van der Waals surface area (Å²) < 4.78 is 4.02. The molecule has 0 aliphatic carbocycles. The van der Waals surface area contributed by atoms with Crippen molar-refractivity contribution in [2.24, 2.45) is 0 Å². The molecule has 2 heterocycles. The Morgan fingerprint density at radius 2 is 2.37 bits per heavy atom. The van der Waals surface area contributed by atoms with Gasteiger partial charge in [0.1, 0.15) is 10.6 Å². The van der Waals surface area contributed by atoms with Gasteiger partial charge in [-0.3, -0.25) is 9.89 Å². The molecule has 2 aromatic rings. The van der Waals surface area contributed by atoms with Crippen LogP contribution in [0.2, 0.25) is 0 Å². The first-order valence-electron chi connectivity index (χ1n) is 5.86. The van der Waals surface area contributed by atoms with Crippen LogP contribution in [0.4, 0.5) is 10.8 Å². The molecule has 0 aliphatic heterocycles. The topological polar surface area (TPSA) is 109 Å². The van der Waals surface area contributed by atoms with Gasteiger partial charge in [-0.2, -0.15) is 9.47 Å². The fourth-order valence-electron chi connectivity index (χ4n) is 1.54. The van der Waals surface area contributed by atoms with Gasteiger partial charge in [-0.1, -0.05) is 0 Å². The molecular weight excluding hydrogens is 264 g/mol. The highest BCUT2D eigenvalue weighted by Crippen LogP contribution is 2.27. The van der Waals surface area contributed by atoms with Crippen molar-refractivity contribution in [3.05, 3.63) is 23.5 Å². The van der Waals surface area contributed by atoms with Crippen LogP contribution in [-0.2, 0) is 6.54 Å². The van der Waals surface area contributed by atoms with Crippen LogP contribution in [-0.4, -0.2) is 26.5 Å². The molecular formula is C11H16N6OS. The van der Waals surface area contributed by atoms with Gasteiger partial charge in [-0.25, -0.2) is 0 Å². The molecule has 2 rings (SSSR count). The fraction of sp³-hybridized carbons (Fsp3) is 0.364. The minimum Gasteiger partial charge on any atom is -0.382 e. The van der Waals surface area contributed by atoms with E-state index in [1.165, 1.54) is 11.5 Å². The van der Waals surface area contributed by atoms with Gasteiger partial charge in [0, 0.05) is 12.2 Å². The van der Waals surface area contributed by atoms with Crippen molar-refractivity contribution in [3.8, 4) is 0 Å². The Kier molecular flexibility index (Phi) is 4.00. The van der Waals surface area contributed by atoms with Crippen LogP contribution in [0.1, 0.15) is 29.9 Å². The summed E-state index contributed by atoms with van der Waals surface area (Å²) in [7, 11) is 0. The van der Waals surface area contributed by atoms with Crippen LogP contribution >= 0.6 is 11.5 Å². The van der Waals surface area contributed by atoms with Crippen LogP contribution < -0.4 is 16.4 Å². The van der Waals surface area contributed by atoms with Gasteiger partial charge >= 0.3 is 0 Å². The Morgan fingerprint density at radius 1 is 1.58 bits per heavy atom. The number of H-pyrrole nitrogens is 1. The maximum absolute atomic E-state index is 12.0. The lowest BCUT2D eigenvalue weighted by Crippen LogP contribution is -2.30. The van der Waals surface area contributed by atoms with Crippen LogP contribution in [0.3, 0.4) is 0 Å². The lowest BCUT2D eigenvalue weighted by atomic mass is 10.2. The molecule has 1 amide bonds. The van der Waals surface area contributed by atoms with E-state index in [0.29, 0.717) is 17.1 Å². The second-order valence-corrected chi connectivity index (χ2v) is 5.11. The molecule has 2 aromatic heterocycles. The highest BCUT2D eigenvalue weighted by Gasteiger charge is 2.19. The van der Waals surface area contributed by atoms with Gasteiger partial charge in [-0.15, -0.1) is 0 Å². The van der Waals surface area contributed by atoms with Gasteiger partial charge in [0.15, 0.2) is 5.82 Å². The van der Waals surface area contributed by atoms with E-state index >= 15 is 0 Å². The van der Waals surface area contributed by atoms with E-state index in [1.807, 2.05) is 19.9 Å². The molecule has 0 aliphatic rings.